The second-order valence-corrected chi connectivity index (χ2v) is 7.17. The van der Waals surface area contributed by atoms with Gasteiger partial charge in [-0.05, 0) is 43.3 Å². The highest BCUT2D eigenvalue weighted by Gasteiger charge is 2.20. The summed E-state index contributed by atoms with van der Waals surface area (Å²) in [5.74, 6) is 2.90. The number of carbonyl (C=O) groups excluding carboxylic acids is 1. The minimum Gasteiger partial charge on any atom is -0.467 e. The van der Waals surface area contributed by atoms with E-state index in [1.807, 2.05) is 35.8 Å². The van der Waals surface area contributed by atoms with E-state index in [1.165, 1.54) is 11.8 Å². The van der Waals surface area contributed by atoms with Crippen LogP contribution in [0.25, 0.3) is 11.6 Å². The lowest BCUT2D eigenvalue weighted by molar-refractivity contribution is -0.130. The van der Waals surface area contributed by atoms with Gasteiger partial charge in [0, 0.05) is 6.54 Å². The highest BCUT2D eigenvalue weighted by atomic mass is 32.2. The predicted octanol–water partition coefficient (Wildman–Crippen LogP) is 4.07. The Kier molecular flexibility index (Phi) is 5.85. The number of hydrogen-bond acceptors (Lipinski definition) is 7. The molecule has 0 atom stereocenters. The summed E-state index contributed by atoms with van der Waals surface area (Å²) < 4.78 is 18.2. The zero-order chi connectivity index (χ0) is 20.1. The first-order chi connectivity index (χ1) is 14.2. The SMILES string of the molecule is CCn1c(SCC(=O)N(Cc2ccco2)Cc2ccco2)nnc1-c1ccco1. The normalized spacial score (nSPS) is 11.1. The van der Waals surface area contributed by atoms with Crippen LogP contribution in [0.4, 0.5) is 0 Å². The number of nitrogens with zero attached hydrogens (tertiary/aromatic N) is 4. The first-order valence-electron chi connectivity index (χ1n) is 9.17. The number of aromatic nitrogens is 3. The molecule has 4 aromatic heterocycles. The maximum atomic E-state index is 12.9. The summed E-state index contributed by atoms with van der Waals surface area (Å²) in [5.41, 5.74) is 0. The number of rotatable bonds is 9. The number of amides is 1. The van der Waals surface area contributed by atoms with Crippen molar-refractivity contribution in [3.63, 3.8) is 0 Å². The lowest BCUT2D eigenvalue weighted by Crippen LogP contribution is -2.31. The van der Waals surface area contributed by atoms with E-state index in [4.69, 9.17) is 13.3 Å². The van der Waals surface area contributed by atoms with Crippen molar-refractivity contribution in [2.45, 2.75) is 31.7 Å². The van der Waals surface area contributed by atoms with Crippen LogP contribution in [0.3, 0.4) is 0 Å². The summed E-state index contributed by atoms with van der Waals surface area (Å²) in [5, 5.41) is 9.12. The van der Waals surface area contributed by atoms with Crippen molar-refractivity contribution in [1.29, 1.82) is 0 Å². The maximum absolute atomic E-state index is 12.9. The predicted molar refractivity (Wildman–Crippen MR) is 106 cm³/mol. The molecule has 1 amide bonds. The molecule has 0 bridgehead atoms. The molecule has 0 unspecified atom stereocenters. The summed E-state index contributed by atoms with van der Waals surface area (Å²) in [6, 6.07) is 10.9. The molecule has 0 aliphatic rings. The Morgan fingerprint density at radius 3 is 2.21 bits per heavy atom. The number of hydrogen-bond donors (Lipinski definition) is 0. The van der Waals surface area contributed by atoms with Gasteiger partial charge in [0.2, 0.25) is 5.91 Å². The molecular weight excluding hydrogens is 392 g/mol. The molecule has 4 heterocycles. The Labute approximate surface area is 171 Å². The van der Waals surface area contributed by atoms with E-state index in [0.717, 1.165) is 0 Å². The second-order valence-electron chi connectivity index (χ2n) is 6.22. The topological polar surface area (TPSA) is 90.4 Å². The zero-order valence-corrected chi connectivity index (χ0v) is 16.7. The van der Waals surface area contributed by atoms with Crippen LogP contribution in [-0.4, -0.2) is 31.3 Å². The van der Waals surface area contributed by atoms with E-state index >= 15 is 0 Å². The molecule has 4 rings (SSSR count). The lowest BCUT2D eigenvalue weighted by Gasteiger charge is -2.20. The molecular formula is C20H20N4O4S. The van der Waals surface area contributed by atoms with Crippen molar-refractivity contribution in [2.75, 3.05) is 5.75 Å². The summed E-state index contributed by atoms with van der Waals surface area (Å²) in [6.45, 7) is 3.40. The van der Waals surface area contributed by atoms with Crippen molar-refractivity contribution < 1.29 is 18.0 Å². The Morgan fingerprint density at radius 2 is 1.66 bits per heavy atom. The molecule has 0 radical (unpaired) electrons. The Bertz CT molecular complexity index is 987. The standard InChI is InChI=1S/C20H20N4O4S/c1-2-24-19(17-8-5-11-28-17)21-22-20(24)29-14-18(25)23(12-15-6-3-9-26-15)13-16-7-4-10-27-16/h3-11H,2,12-14H2,1H3. The molecule has 0 fully saturated rings. The van der Waals surface area contributed by atoms with Crippen LogP contribution in [0.5, 0.6) is 0 Å². The van der Waals surface area contributed by atoms with E-state index in [9.17, 15) is 4.79 Å². The highest BCUT2D eigenvalue weighted by molar-refractivity contribution is 7.99. The van der Waals surface area contributed by atoms with Crippen molar-refractivity contribution in [3.8, 4) is 11.6 Å². The van der Waals surface area contributed by atoms with Gasteiger partial charge in [0.1, 0.15) is 11.5 Å². The van der Waals surface area contributed by atoms with E-state index in [1.54, 1.807) is 35.8 Å². The van der Waals surface area contributed by atoms with Crippen LogP contribution in [0.1, 0.15) is 18.4 Å². The third kappa shape index (κ3) is 4.45. The van der Waals surface area contributed by atoms with E-state index in [-0.39, 0.29) is 11.7 Å². The van der Waals surface area contributed by atoms with Crippen LogP contribution in [0.2, 0.25) is 0 Å². The summed E-state index contributed by atoms with van der Waals surface area (Å²) in [7, 11) is 0. The molecule has 4 aromatic rings. The first kappa shape index (κ1) is 19.1. The van der Waals surface area contributed by atoms with E-state index in [0.29, 0.717) is 47.9 Å². The number of furan rings is 3. The fourth-order valence-corrected chi connectivity index (χ4v) is 3.80. The van der Waals surface area contributed by atoms with E-state index in [2.05, 4.69) is 10.2 Å². The fraction of sp³-hybridized carbons (Fsp3) is 0.250. The van der Waals surface area contributed by atoms with Gasteiger partial charge in [-0.1, -0.05) is 11.8 Å². The van der Waals surface area contributed by atoms with Gasteiger partial charge in [0.25, 0.3) is 0 Å². The molecule has 0 spiro atoms. The average molecular weight is 412 g/mol. The zero-order valence-electron chi connectivity index (χ0n) is 15.9. The van der Waals surface area contributed by atoms with Gasteiger partial charge in [-0.15, -0.1) is 10.2 Å². The largest absolute Gasteiger partial charge is 0.467 e. The molecule has 9 heteroatoms. The van der Waals surface area contributed by atoms with Crippen LogP contribution in [0.15, 0.2) is 73.6 Å². The van der Waals surface area contributed by atoms with Gasteiger partial charge < -0.3 is 18.2 Å². The first-order valence-corrected chi connectivity index (χ1v) is 10.2. The molecule has 150 valence electrons. The average Bonchev–Trinajstić information content (AvgIpc) is 3.53. The van der Waals surface area contributed by atoms with Crippen molar-refractivity contribution in [1.82, 2.24) is 19.7 Å². The van der Waals surface area contributed by atoms with Gasteiger partial charge >= 0.3 is 0 Å². The van der Waals surface area contributed by atoms with Gasteiger partial charge in [-0.2, -0.15) is 0 Å². The molecule has 0 aliphatic carbocycles. The molecule has 8 nitrogen and oxygen atoms in total. The molecule has 0 aliphatic heterocycles. The molecule has 0 N–H and O–H groups in total. The van der Waals surface area contributed by atoms with Crippen molar-refractivity contribution in [3.05, 3.63) is 66.7 Å². The number of carbonyl (C=O) groups is 1. The third-order valence-electron chi connectivity index (χ3n) is 4.31. The number of thioether (sulfide) groups is 1. The smallest absolute Gasteiger partial charge is 0.233 e. The van der Waals surface area contributed by atoms with Crippen molar-refractivity contribution >= 4 is 17.7 Å². The summed E-state index contributed by atoms with van der Waals surface area (Å²) in [6.07, 6.45) is 4.79. The van der Waals surface area contributed by atoms with Gasteiger partial charge in [-0.3, -0.25) is 9.36 Å². The van der Waals surface area contributed by atoms with Crippen LogP contribution >= 0.6 is 11.8 Å². The highest BCUT2D eigenvalue weighted by Crippen LogP contribution is 2.25. The van der Waals surface area contributed by atoms with Gasteiger partial charge in [-0.25, -0.2) is 0 Å². The van der Waals surface area contributed by atoms with Crippen molar-refractivity contribution in [2.24, 2.45) is 0 Å². The monoisotopic (exact) mass is 412 g/mol. The van der Waals surface area contributed by atoms with Crippen LogP contribution in [-0.2, 0) is 24.4 Å². The summed E-state index contributed by atoms with van der Waals surface area (Å²) in [4.78, 5) is 14.6. The summed E-state index contributed by atoms with van der Waals surface area (Å²) >= 11 is 1.35. The van der Waals surface area contributed by atoms with Gasteiger partial charge in [0.15, 0.2) is 16.7 Å². The quantitative estimate of drug-likeness (QED) is 0.383. The molecule has 29 heavy (non-hydrogen) atoms. The minimum atomic E-state index is -0.0481. The molecule has 0 aromatic carbocycles. The lowest BCUT2D eigenvalue weighted by atomic mass is 10.3. The minimum absolute atomic E-state index is 0.0481. The molecule has 0 saturated carbocycles. The van der Waals surface area contributed by atoms with Crippen LogP contribution in [0, 0.1) is 0 Å². The van der Waals surface area contributed by atoms with E-state index < -0.39 is 0 Å². The third-order valence-corrected chi connectivity index (χ3v) is 5.26. The fourth-order valence-electron chi connectivity index (χ4n) is 2.90. The second kappa shape index (κ2) is 8.87. The Hall–Kier alpha value is -3.20. The molecule has 0 saturated heterocycles. The maximum Gasteiger partial charge on any atom is 0.233 e. The Balaban J connectivity index is 1.46. The van der Waals surface area contributed by atoms with Crippen LogP contribution < -0.4 is 0 Å². The van der Waals surface area contributed by atoms with Gasteiger partial charge in [0.05, 0.1) is 37.6 Å². The Morgan fingerprint density at radius 1 is 1.00 bits per heavy atom.